The van der Waals surface area contributed by atoms with Gasteiger partial charge in [-0.25, -0.2) is 12.8 Å². The molecule has 35 heavy (non-hydrogen) atoms. The zero-order valence-electron chi connectivity index (χ0n) is 19.4. The molecule has 1 aliphatic heterocycles. The normalized spacial score (nSPS) is 16.5. The van der Waals surface area contributed by atoms with Crippen LogP contribution in [0.25, 0.3) is 0 Å². The molecule has 2 N–H and O–H groups in total. The molecule has 4 rings (SSSR count). The molecule has 0 spiro atoms. The first-order valence-corrected chi connectivity index (χ1v) is 13.3. The molecule has 2 atom stereocenters. The third-order valence-electron chi connectivity index (χ3n) is 6.20. The topological polar surface area (TPSA) is 91.7 Å². The average Bonchev–Trinajstić information content (AvgIpc) is 3.40. The van der Waals surface area contributed by atoms with Crippen molar-refractivity contribution in [3.63, 3.8) is 0 Å². The monoisotopic (exact) mass is 499 g/mol. The number of nitrogens with zero attached hydrogens (tertiary/aromatic N) is 1. The molecule has 0 bridgehead atoms. The fourth-order valence-electron chi connectivity index (χ4n) is 4.39. The Hall–Kier alpha value is -3.01. The SMILES string of the molecule is O=C(NCC(c1ccco1)N1CCCCC1)[C@H](Cc1ccccc1)NS(=O)(=O)c1ccccc1F. The van der Waals surface area contributed by atoms with Crippen LogP contribution in [-0.2, 0) is 21.2 Å². The summed E-state index contributed by atoms with van der Waals surface area (Å²) in [5.74, 6) is -0.608. The van der Waals surface area contributed by atoms with Crippen LogP contribution < -0.4 is 10.0 Å². The highest BCUT2D eigenvalue weighted by Gasteiger charge is 2.30. The zero-order chi connectivity index (χ0) is 24.7. The first-order valence-electron chi connectivity index (χ1n) is 11.8. The number of nitrogens with one attached hydrogen (secondary N) is 2. The standard InChI is InChI=1S/C26H30FN3O4S/c27-21-12-5-6-14-25(21)35(32,33)29-22(18-20-10-3-1-4-11-20)26(31)28-19-23(24-13-9-17-34-24)30-15-7-2-8-16-30/h1,3-6,9-14,17,22-23,29H,2,7-8,15-16,18-19H2,(H,28,31)/t22-,23?/m0/s1. The third-order valence-corrected chi connectivity index (χ3v) is 7.70. The van der Waals surface area contributed by atoms with Crippen LogP contribution in [0.15, 0.2) is 82.3 Å². The van der Waals surface area contributed by atoms with Crippen molar-refractivity contribution in [3.8, 4) is 0 Å². The van der Waals surface area contributed by atoms with Gasteiger partial charge in [0.05, 0.1) is 12.3 Å². The fraction of sp³-hybridized carbons (Fsp3) is 0.346. The first kappa shape index (κ1) is 25.1. The number of halogens is 1. The van der Waals surface area contributed by atoms with Crippen LogP contribution >= 0.6 is 0 Å². The number of piperidine rings is 1. The molecule has 1 amide bonds. The number of amides is 1. The molecule has 0 radical (unpaired) electrons. The lowest BCUT2D eigenvalue weighted by atomic mass is 10.0. The van der Waals surface area contributed by atoms with E-state index in [9.17, 15) is 17.6 Å². The van der Waals surface area contributed by atoms with E-state index in [1.807, 2.05) is 42.5 Å². The highest BCUT2D eigenvalue weighted by Crippen LogP contribution is 2.24. The van der Waals surface area contributed by atoms with Crippen LogP contribution in [0.1, 0.15) is 36.6 Å². The summed E-state index contributed by atoms with van der Waals surface area (Å²) in [6.45, 7) is 2.06. The van der Waals surface area contributed by atoms with Gasteiger partial charge in [0.25, 0.3) is 0 Å². The minimum atomic E-state index is -4.27. The second kappa shape index (κ2) is 11.6. The smallest absolute Gasteiger partial charge is 0.244 e. The van der Waals surface area contributed by atoms with Crippen molar-refractivity contribution in [2.24, 2.45) is 0 Å². The summed E-state index contributed by atoms with van der Waals surface area (Å²) in [5, 5.41) is 2.92. The summed E-state index contributed by atoms with van der Waals surface area (Å²) < 4.78 is 48.3. The van der Waals surface area contributed by atoms with E-state index in [-0.39, 0.29) is 19.0 Å². The Labute approximate surface area is 205 Å². The van der Waals surface area contributed by atoms with Gasteiger partial charge in [0.15, 0.2) is 0 Å². The van der Waals surface area contributed by atoms with E-state index in [0.29, 0.717) is 0 Å². The van der Waals surface area contributed by atoms with Crippen molar-refractivity contribution in [2.45, 2.75) is 42.7 Å². The van der Waals surface area contributed by atoms with Gasteiger partial charge >= 0.3 is 0 Å². The van der Waals surface area contributed by atoms with Gasteiger partial charge in [0, 0.05) is 6.54 Å². The van der Waals surface area contributed by atoms with Gasteiger partial charge in [-0.1, -0.05) is 48.9 Å². The minimum Gasteiger partial charge on any atom is -0.468 e. The Bertz CT molecular complexity index is 1200. The summed E-state index contributed by atoms with van der Waals surface area (Å²) in [7, 11) is -4.27. The number of likely N-dealkylation sites (tertiary alicyclic amines) is 1. The van der Waals surface area contributed by atoms with Gasteiger partial charge in [0.2, 0.25) is 15.9 Å². The van der Waals surface area contributed by atoms with E-state index < -0.39 is 32.7 Å². The van der Waals surface area contributed by atoms with Crippen LogP contribution in [0.4, 0.5) is 4.39 Å². The summed E-state index contributed by atoms with van der Waals surface area (Å²) in [6, 6.07) is 16.6. The number of benzene rings is 2. The summed E-state index contributed by atoms with van der Waals surface area (Å²) in [6.07, 6.45) is 5.05. The summed E-state index contributed by atoms with van der Waals surface area (Å²) in [5.41, 5.74) is 0.780. The maximum Gasteiger partial charge on any atom is 0.244 e. The average molecular weight is 500 g/mol. The molecule has 186 valence electrons. The van der Waals surface area contributed by atoms with Crippen LogP contribution in [0, 0.1) is 5.82 Å². The van der Waals surface area contributed by atoms with Gasteiger partial charge in [0.1, 0.15) is 22.5 Å². The fourth-order valence-corrected chi connectivity index (χ4v) is 5.67. The Balaban J connectivity index is 1.53. The molecule has 2 heterocycles. The Morgan fingerprint density at radius 3 is 2.37 bits per heavy atom. The second-order valence-corrected chi connectivity index (χ2v) is 10.3. The molecule has 1 aliphatic rings. The van der Waals surface area contributed by atoms with Crippen LogP contribution in [0.5, 0.6) is 0 Å². The van der Waals surface area contributed by atoms with E-state index in [1.54, 1.807) is 6.26 Å². The number of carbonyl (C=O) groups excluding carboxylic acids is 1. The summed E-state index contributed by atoms with van der Waals surface area (Å²) >= 11 is 0. The Morgan fingerprint density at radius 2 is 1.69 bits per heavy atom. The van der Waals surface area contributed by atoms with Gasteiger partial charge < -0.3 is 9.73 Å². The van der Waals surface area contributed by atoms with Crippen molar-refractivity contribution in [3.05, 3.63) is 90.1 Å². The van der Waals surface area contributed by atoms with Crippen LogP contribution in [0.2, 0.25) is 0 Å². The van der Waals surface area contributed by atoms with E-state index in [1.165, 1.54) is 24.6 Å². The highest BCUT2D eigenvalue weighted by molar-refractivity contribution is 7.89. The molecule has 1 unspecified atom stereocenters. The number of furan rings is 1. The number of carbonyl (C=O) groups is 1. The third kappa shape index (κ3) is 6.56. The second-order valence-electron chi connectivity index (χ2n) is 8.67. The van der Waals surface area contributed by atoms with E-state index in [2.05, 4.69) is 14.9 Å². The molecule has 0 aliphatic carbocycles. The van der Waals surface area contributed by atoms with Crippen molar-refractivity contribution in [1.82, 2.24) is 14.9 Å². The van der Waals surface area contributed by atoms with Crippen molar-refractivity contribution < 1.29 is 22.0 Å². The molecule has 1 saturated heterocycles. The molecular formula is C26H30FN3O4S. The molecule has 1 fully saturated rings. The number of hydrogen-bond donors (Lipinski definition) is 2. The largest absolute Gasteiger partial charge is 0.468 e. The molecule has 1 aromatic heterocycles. The van der Waals surface area contributed by atoms with Crippen molar-refractivity contribution in [1.29, 1.82) is 0 Å². The molecular weight excluding hydrogens is 469 g/mol. The first-order chi connectivity index (χ1) is 16.9. The van der Waals surface area contributed by atoms with Crippen molar-refractivity contribution in [2.75, 3.05) is 19.6 Å². The minimum absolute atomic E-state index is 0.121. The maximum atomic E-state index is 14.2. The zero-order valence-corrected chi connectivity index (χ0v) is 20.2. The predicted molar refractivity (Wildman–Crippen MR) is 131 cm³/mol. The maximum absolute atomic E-state index is 14.2. The van der Waals surface area contributed by atoms with Crippen molar-refractivity contribution >= 4 is 15.9 Å². The number of hydrogen-bond acceptors (Lipinski definition) is 5. The van der Waals surface area contributed by atoms with E-state index in [0.717, 1.165) is 43.3 Å². The predicted octanol–water partition coefficient (Wildman–Crippen LogP) is 3.65. The molecule has 3 aromatic rings. The molecule has 0 saturated carbocycles. The number of rotatable bonds is 10. The van der Waals surface area contributed by atoms with Gasteiger partial charge in [-0.05, 0) is 62.2 Å². The van der Waals surface area contributed by atoms with Gasteiger partial charge in [-0.3, -0.25) is 9.69 Å². The van der Waals surface area contributed by atoms with Gasteiger partial charge in [-0.2, -0.15) is 4.72 Å². The Kier molecular flexibility index (Phi) is 8.33. The van der Waals surface area contributed by atoms with E-state index >= 15 is 0 Å². The molecule has 7 nitrogen and oxygen atoms in total. The quantitative estimate of drug-likeness (QED) is 0.444. The number of sulfonamides is 1. The highest BCUT2D eigenvalue weighted by atomic mass is 32.2. The Morgan fingerprint density at radius 1 is 0.971 bits per heavy atom. The lowest BCUT2D eigenvalue weighted by Gasteiger charge is -2.33. The van der Waals surface area contributed by atoms with E-state index in [4.69, 9.17) is 4.42 Å². The summed E-state index contributed by atoms with van der Waals surface area (Å²) in [4.78, 5) is 15.1. The lowest BCUT2D eigenvalue weighted by Crippen LogP contribution is -2.50. The molecule has 2 aromatic carbocycles. The molecule has 9 heteroatoms. The van der Waals surface area contributed by atoms with Gasteiger partial charge in [-0.15, -0.1) is 0 Å². The van der Waals surface area contributed by atoms with Crippen LogP contribution in [0.3, 0.4) is 0 Å². The lowest BCUT2D eigenvalue weighted by molar-refractivity contribution is -0.123. The van der Waals surface area contributed by atoms with Crippen LogP contribution in [-0.4, -0.2) is 44.9 Å².